The molecule has 0 saturated heterocycles. The number of hydrogen-bond donors (Lipinski definition) is 4. The van der Waals surface area contributed by atoms with Crippen LogP contribution in [0.25, 0.3) is 0 Å². The molecule has 0 radical (unpaired) electrons. The van der Waals surface area contributed by atoms with Crippen molar-refractivity contribution in [1.82, 2.24) is 0 Å². The molecule has 3 rings (SSSR count). The third-order valence-electron chi connectivity index (χ3n) is 4.46. The highest BCUT2D eigenvalue weighted by atomic mass is 35.5. The molecule has 0 fully saturated rings. The molecule has 6 heteroatoms. The van der Waals surface area contributed by atoms with Crippen LogP contribution in [0.4, 0.5) is 11.4 Å². The normalized spacial score (nSPS) is 10.6. The van der Waals surface area contributed by atoms with Crippen molar-refractivity contribution in [2.24, 2.45) is 0 Å². The fourth-order valence-electron chi connectivity index (χ4n) is 2.90. The number of aromatic hydroxyl groups is 2. The largest absolute Gasteiger partial charge is 0.508 e. The minimum Gasteiger partial charge on any atom is -0.508 e. The van der Waals surface area contributed by atoms with E-state index in [1.807, 2.05) is 48.5 Å². The summed E-state index contributed by atoms with van der Waals surface area (Å²) >= 11 is 11.8. The van der Waals surface area contributed by atoms with Crippen molar-refractivity contribution in [3.05, 3.63) is 82.9 Å². The van der Waals surface area contributed by atoms with E-state index in [4.69, 9.17) is 23.2 Å². The number of para-hydroxylation sites is 2. The van der Waals surface area contributed by atoms with Crippen LogP contribution in [-0.4, -0.2) is 10.2 Å². The summed E-state index contributed by atoms with van der Waals surface area (Å²) < 4.78 is 0. The highest BCUT2D eigenvalue weighted by Gasteiger charge is 2.07. The molecule has 0 aliphatic carbocycles. The molecule has 0 aliphatic rings. The fraction of sp³-hybridized carbons (Fsp3) is 0.182. The van der Waals surface area contributed by atoms with Crippen LogP contribution < -0.4 is 10.6 Å². The number of phenols is 2. The number of phenolic OH excluding ortho intramolecular Hbond substituents is 2. The molecule has 0 spiro atoms. The zero-order valence-corrected chi connectivity index (χ0v) is 16.8. The molecular weight excluding hydrogens is 395 g/mol. The van der Waals surface area contributed by atoms with Crippen LogP contribution in [0.5, 0.6) is 11.5 Å². The molecule has 3 aromatic carbocycles. The van der Waals surface area contributed by atoms with Gasteiger partial charge in [0, 0.05) is 36.0 Å². The molecule has 0 aromatic heterocycles. The Labute approximate surface area is 174 Å². The number of anilines is 2. The Balaban J connectivity index is 1.71. The number of hydrogen-bond acceptors (Lipinski definition) is 4. The number of alkyl halides is 2. The van der Waals surface area contributed by atoms with Crippen LogP contribution in [0.15, 0.2) is 60.7 Å². The molecule has 146 valence electrons. The summed E-state index contributed by atoms with van der Waals surface area (Å²) in [5.74, 6) is 1.26. The summed E-state index contributed by atoms with van der Waals surface area (Å²) in [4.78, 5) is 0. The van der Waals surface area contributed by atoms with Crippen molar-refractivity contribution in [3.63, 3.8) is 0 Å². The SMILES string of the molecule is Oc1ccc(CCl)cc1CNc1ccccc1NCc1cc(CCl)ccc1O. The van der Waals surface area contributed by atoms with Gasteiger partial charge in [-0.2, -0.15) is 0 Å². The molecule has 0 aliphatic heterocycles. The maximum atomic E-state index is 10.1. The Morgan fingerprint density at radius 1 is 0.643 bits per heavy atom. The van der Waals surface area contributed by atoms with E-state index in [-0.39, 0.29) is 11.5 Å². The first kappa shape index (κ1) is 20.2. The lowest BCUT2D eigenvalue weighted by Gasteiger charge is -2.15. The highest BCUT2D eigenvalue weighted by molar-refractivity contribution is 6.17. The van der Waals surface area contributed by atoms with Crippen LogP contribution in [-0.2, 0) is 24.8 Å². The quantitative estimate of drug-likeness (QED) is 0.350. The standard InChI is InChI=1S/C22H22Cl2N2O2/c23-11-15-5-7-21(27)17(9-15)13-25-19-3-1-2-4-20(19)26-14-18-10-16(12-24)6-8-22(18)28/h1-10,25-28H,11-14H2. The van der Waals surface area contributed by atoms with E-state index >= 15 is 0 Å². The van der Waals surface area contributed by atoms with Gasteiger partial charge >= 0.3 is 0 Å². The van der Waals surface area contributed by atoms with Gasteiger partial charge < -0.3 is 20.8 Å². The van der Waals surface area contributed by atoms with Crippen molar-refractivity contribution in [2.75, 3.05) is 10.6 Å². The minimum absolute atomic E-state index is 0.231. The lowest BCUT2D eigenvalue weighted by molar-refractivity contribution is 0.468. The van der Waals surface area contributed by atoms with Crippen molar-refractivity contribution >= 4 is 34.6 Å². The van der Waals surface area contributed by atoms with Gasteiger partial charge in [0.15, 0.2) is 0 Å². The second-order valence-corrected chi connectivity index (χ2v) is 6.98. The Kier molecular flexibility index (Phi) is 6.90. The van der Waals surface area contributed by atoms with Gasteiger partial charge in [-0.15, -0.1) is 23.2 Å². The smallest absolute Gasteiger partial charge is 0.120 e. The summed E-state index contributed by atoms with van der Waals surface area (Å²) in [6.45, 7) is 0.921. The van der Waals surface area contributed by atoms with Crippen LogP contribution in [0.3, 0.4) is 0 Å². The van der Waals surface area contributed by atoms with Gasteiger partial charge in [0.25, 0.3) is 0 Å². The van der Waals surface area contributed by atoms with E-state index in [1.54, 1.807) is 12.1 Å². The molecule has 0 saturated carbocycles. The average molecular weight is 417 g/mol. The van der Waals surface area contributed by atoms with Gasteiger partial charge in [-0.3, -0.25) is 0 Å². The first-order valence-electron chi connectivity index (χ1n) is 8.91. The first-order chi connectivity index (χ1) is 13.6. The average Bonchev–Trinajstić information content (AvgIpc) is 2.73. The number of rotatable bonds is 8. The van der Waals surface area contributed by atoms with Crippen molar-refractivity contribution in [1.29, 1.82) is 0 Å². The number of halogens is 2. The number of benzene rings is 3. The van der Waals surface area contributed by atoms with Crippen LogP contribution in [0.1, 0.15) is 22.3 Å². The zero-order valence-electron chi connectivity index (χ0n) is 15.3. The van der Waals surface area contributed by atoms with E-state index in [0.29, 0.717) is 24.8 Å². The molecule has 4 N–H and O–H groups in total. The Morgan fingerprint density at radius 2 is 1.07 bits per heavy atom. The van der Waals surface area contributed by atoms with E-state index in [2.05, 4.69) is 10.6 Å². The van der Waals surface area contributed by atoms with Crippen molar-refractivity contribution < 1.29 is 10.2 Å². The molecule has 0 unspecified atom stereocenters. The van der Waals surface area contributed by atoms with Gasteiger partial charge in [0.1, 0.15) is 11.5 Å². The molecule has 0 bridgehead atoms. The predicted molar refractivity (Wildman–Crippen MR) is 116 cm³/mol. The third kappa shape index (κ3) is 5.03. The second kappa shape index (κ2) is 9.58. The maximum absolute atomic E-state index is 10.1. The maximum Gasteiger partial charge on any atom is 0.120 e. The Hall–Kier alpha value is -2.56. The highest BCUT2D eigenvalue weighted by Crippen LogP contribution is 2.27. The van der Waals surface area contributed by atoms with Gasteiger partial charge in [-0.05, 0) is 47.5 Å². The Morgan fingerprint density at radius 3 is 1.46 bits per heavy atom. The summed E-state index contributed by atoms with van der Waals surface area (Å²) in [7, 11) is 0. The number of nitrogens with one attached hydrogen (secondary N) is 2. The fourth-order valence-corrected chi connectivity index (χ4v) is 3.23. The zero-order chi connectivity index (χ0) is 19.9. The molecule has 4 nitrogen and oxygen atoms in total. The summed E-state index contributed by atoms with van der Waals surface area (Å²) in [6.07, 6.45) is 0. The molecule has 0 amide bonds. The lowest BCUT2D eigenvalue weighted by Crippen LogP contribution is -2.06. The molecular formula is C22H22Cl2N2O2. The summed E-state index contributed by atoms with van der Waals surface area (Å²) in [6, 6.07) is 18.5. The van der Waals surface area contributed by atoms with E-state index in [9.17, 15) is 10.2 Å². The van der Waals surface area contributed by atoms with Crippen molar-refractivity contribution in [2.45, 2.75) is 24.8 Å². The van der Waals surface area contributed by atoms with Gasteiger partial charge in [-0.25, -0.2) is 0 Å². The topological polar surface area (TPSA) is 64.5 Å². The third-order valence-corrected chi connectivity index (χ3v) is 5.08. The van der Waals surface area contributed by atoms with E-state index < -0.39 is 0 Å². The summed E-state index contributed by atoms with van der Waals surface area (Å²) in [5.41, 5.74) is 5.26. The first-order valence-corrected chi connectivity index (χ1v) is 9.98. The van der Waals surface area contributed by atoms with Gasteiger partial charge in [0.05, 0.1) is 11.4 Å². The minimum atomic E-state index is 0.231. The monoisotopic (exact) mass is 416 g/mol. The van der Waals surface area contributed by atoms with Gasteiger partial charge in [-0.1, -0.05) is 24.3 Å². The molecule has 0 atom stereocenters. The molecule has 28 heavy (non-hydrogen) atoms. The second-order valence-electron chi connectivity index (χ2n) is 6.45. The van der Waals surface area contributed by atoms with Crippen LogP contribution in [0.2, 0.25) is 0 Å². The Bertz CT molecular complexity index is 871. The molecule has 3 aromatic rings. The van der Waals surface area contributed by atoms with E-state index in [0.717, 1.165) is 33.6 Å². The molecule has 0 heterocycles. The van der Waals surface area contributed by atoms with Gasteiger partial charge in [0.2, 0.25) is 0 Å². The van der Waals surface area contributed by atoms with E-state index in [1.165, 1.54) is 0 Å². The predicted octanol–water partition coefficient (Wildman–Crippen LogP) is 5.80. The summed E-state index contributed by atoms with van der Waals surface area (Å²) in [5, 5.41) is 26.8. The lowest BCUT2D eigenvalue weighted by atomic mass is 10.1. The van der Waals surface area contributed by atoms with Crippen LogP contribution in [0, 0.1) is 0 Å². The van der Waals surface area contributed by atoms with Crippen LogP contribution >= 0.6 is 23.2 Å². The van der Waals surface area contributed by atoms with Crippen molar-refractivity contribution in [3.8, 4) is 11.5 Å².